The molecular weight excluding hydrogens is 306 g/mol. The summed E-state index contributed by atoms with van der Waals surface area (Å²) in [7, 11) is 0. The molecule has 0 saturated carbocycles. The van der Waals surface area contributed by atoms with Gasteiger partial charge in [0.1, 0.15) is 12.4 Å². The summed E-state index contributed by atoms with van der Waals surface area (Å²) < 4.78 is 2.18. The zero-order chi connectivity index (χ0) is 16.5. The van der Waals surface area contributed by atoms with Gasteiger partial charge in [-0.1, -0.05) is 19.9 Å². The zero-order valence-electron chi connectivity index (χ0n) is 14.2. The average molecular weight is 334 g/mol. The molecule has 0 atom stereocenters. The van der Waals surface area contributed by atoms with Gasteiger partial charge in [0.2, 0.25) is 0 Å². The molecule has 126 valence electrons. The minimum Gasteiger partial charge on any atom is -0.357 e. The summed E-state index contributed by atoms with van der Waals surface area (Å²) >= 11 is 1.79. The first-order valence-corrected chi connectivity index (χ1v) is 9.11. The van der Waals surface area contributed by atoms with E-state index in [1.54, 1.807) is 11.3 Å². The van der Waals surface area contributed by atoms with Gasteiger partial charge in [-0.3, -0.25) is 0 Å². The number of aliphatic imine (C=N–C) groups is 1. The summed E-state index contributed by atoms with van der Waals surface area (Å²) in [5.41, 5.74) is 0. The summed E-state index contributed by atoms with van der Waals surface area (Å²) in [6.07, 6.45) is 4.90. The van der Waals surface area contributed by atoms with E-state index in [9.17, 15) is 0 Å². The number of hydrogen-bond acceptors (Lipinski definition) is 3. The van der Waals surface area contributed by atoms with E-state index < -0.39 is 0 Å². The van der Waals surface area contributed by atoms with Gasteiger partial charge < -0.3 is 15.2 Å². The lowest BCUT2D eigenvalue weighted by atomic mass is 10.2. The number of thiophene rings is 1. The van der Waals surface area contributed by atoms with Crippen molar-refractivity contribution >= 4 is 17.3 Å². The monoisotopic (exact) mass is 333 g/mol. The van der Waals surface area contributed by atoms with Gasteiger partial charge in [0, 0.05) is 36.9 Å². The number of imidazole rings is 1. The van der Waals surface area contributed by atoms with Gasteiger partial charge in [0.05, 0.1) is 0 Å². The van der Waals surface area contributed by atoms with Crippen LogP contribution < -0.4 is 10.6 Å². The van der Waals surface area contributed by atoms with E-state index in [1.165, 1.54) is 4.88 Å². The highest BCUT2D eigenvalue weighted by atomic mass is 32.1. The first kappa shape index (κ1) is 17.5. The van der Waals surface area contributed by atoms with Crippen LogP contribution in [0.2, 0.25) is 0 Å². The molecule has 2 rings (SSSR count). The number of guanidine groups is 1. The van der Waals surface area contributed by atoms with E-state index in [2.05, 4.69) is 63.5 Å². The van der Waals surface area contributed by atoms with Crippen LogP contribution in [0.3, 0.4) is 0 Å². The Labute approximate surface area is 142 Å². The summed E-state index contributed by atoms with van der Waals surface area (Å²) in [5.74, 6) is 2.46. The van der Waals surface area contributed by atoms with E-state index in [0.717, 1.165) is 37.8 Å². The quantitative estimate of drug-likeness (QED) is 0.577. The number of nitrogens with one attached hydrogen (secondary N) is 2. The molecule has 0 aliphatic rings. The smallest absolute Gasteiger partial charge is 0.191 e. The fourth-order valence-electron chi connectivity index (χ4n) is 2.30. The third kappa shape index (κ3) is 6.06. The van der Waals surface area contributed by atoms with Crippen LogP contribution in [0.4, 0.5) is 0 Å². The standard InChI is InChI=1S/C17H27N5S/c1-4-18-17(20-8-7-15-6-5-11-23-15)21-12-16-19-9-10-22(16)13-14(2)3/h5-6,9-11,14H,4,7-8,12-13H2,1-3H3,(H2,18,20,21). The SMILES string of the molecule is CCNC(=NCc1nccn1CC(C)C)NCCc1cccs1. The Kier molecular flexibility index (Phi) is 7.13. The largest absolute Gasteiger partial charge is 0.357 e. The molecule has 2 aromatic rings. The van der Waals surface area contributed by atoms with Gasteiger partial charge >= 0.3 is 0 Å². The van der Waals surface area contributed by atoms with Crippen molar-refractivity contribution in [1.82, 2.24) is 20.2 Å². The molecule has 2 N–H and O–H groups in total. The molecular formula is C17H27N5S. The van der Waals surface area contributed by atoms with Gasteiger partial charge in [0.15, 0.2) is 5.96 Å². The third-order valence-corrected chi connectivity index (χ3v) is 4.27. The Morgan fingerprint density at radius 1 is 1.39 bits per heavy atom. The van der Waals surface area contributed by atoms with Crippen molar-refractivity contribution in [3.8, 4) is 0 Å². The van der Waals surface area contributed by atoms with Crippen molar-refractivity contribution < 1.29 is 0 Å². The van der Waals surface area contributed by atoms with Crippen molar-refractivity contribution in [2.75, 3.05) is 13.1 Å². The van der Waals surface area contributed by atoms with Crippen LogP contribution in [-0.4, -0.2) is 28.6 Å². The maximum absolute atomic E-state index is 4.66. The van der Waals surface area contributed by atoms with Gasteiger partial charge in [-0.05, 0) is 30.7 Å². The van der Waals surface area contributed by atoms with Crippen molar-refractivity contribution in [2.24, 2.45) is 10.9 Å². The molecule has 2 aromatic heterocycles. The molecule has 0 aromatic carbocycles. The third-order valence-electron chi connectivity index (χ3n) is 3.33. The van der Waals surface area contributed by atoms with E-state index in [0.29, 0.717) is 12.5 Å². The molecule has 0 aliphatic heterocycles. The lowest BCUT2D eigenvalue weighted by Crippen LogP contribution is -2.38. The fourth-order valence-corrected chi connectivity index (χ4v) is 3.01. The van der Waals surface area contributed by atoms with E-state index in [1.807, 2.05) is 12.4 Å². The first-order valence-electron chi connectivity index (χ1n) is 8.23. The van der Waals surface area contributed by atoms with Gasteiger partial charge in [-0.15, -0.1) is 11.3 Å². The van der Waals surface area contributed by atoms with Gasteiger partial charge in [-0.25, -0.2) is 9.98 Å². The van der Waals surface area contributed by atoms with Crippen molar-refractivity contribution in [1.29, 1.82) is 0 Å². The Bertz CT molecular complexity index is 586. The van der Waals surface area contributed by atoms with Crippen molar-refractivity contribution in [3.05, 3.63) is 40.6 Å². The summed E-state index contributed by atoms with van der Waals surface area (Å²) in [6.45, 7) is 9.81. The molecule has 2 heterocycles. The molecule has 0 spiro atoms. The lowest BCUT2D eigenvalue weighted by Gasteiger charge is -2.12. The zero-order valence-corrected chi connectivity index (χ0v) is 15.1. The second-order valence-corrected chi connectivity index (χ2v) is 6.87. The molecule has 0 radical (unpaired) electrons. The van der Waals surface area contributed by atoms with Crippen LogP contribution in [0.25, 0.3) is 0 Å². The lowest BCUT2D eigenvalue weighted by molar-refractivity contribution is 0.507. The second kappa shape index (κ2) is 9.35. The Balaban J connectivity index is 1.89. The molecule has 0 aliphatic carbocycles. The molecule has 0 unspecified atom stereocenters. The molecule has 0 bridgehead atoms. The number of aromatic nitrogens is 2. The van der Waals surface area contributed by atoms with E-state index >= 15 is 0 Å². The van der Waals surface area contributed by atoms with Crippen LogP contribution in [0.1, 0.15) is 31.5 Å². The molecule has 0 saturated heterocycles. The highest BCUT2D eigenvalue weighted by Gasteiger charge is 2.05. The van der Waals surface area contributed by atoms with E-state index in [4.69, 9.17) is 0 Å². The highest BCUT2D eigenvalue weighted by Crippen LogP contribution is 2.08. The Morgan fingerprint density at radius 3 is 2.96 bits per heavy atom. The van der Waals surface area contributed by atoms with Gasteiger partial charge in [0.25, 0.3) is 0 Å². The van der Waals surface area contributed by atoms with Crippen LogP contribution in [-0.2, 0) is 19.5 Å². The second-order valence-electron chi connectivity index (χ2n) is 5.84. The maximum Gasteiger partial charge on any atom is 0.191 e. The van der Waals surface area contributed by atoms with E-state index in [-0.39, 0.29) is 0 Å². The molecule has 5 nitrogen and oxygen atoms in total. The molecule has 6 heteroatoms. The fraction of sp³-hybridized carbons (Fsp3) is 0.529. The molecule has 0 fully saturated rings. The van der Waals surface area contributed by atoms with Crippen molar-refractivity contribution in [3.63, 3.8) is 0 Å². The summed E-state index contributed by atoms with van der Waals surface area (Å²) in [5, 5.41) is 8.80. The number of hydrogen-bond donors (Lipinski definition) is 2. The molecule has 23 heavy (non-hydrogen) atoms. The van der Waals surface area contributed by atoms with Crippen molar-refractivity contribution in [2.45, 2.75) is 40.3 Å². The summed E-state index contributed by atoms with van der Waals surface area (Å²) in [6, 6.07) is 4.26. The Hall–Kier alpha value is -1.82. The molecule has 0 amide bonds. The predicted octanol–water partition coefficient (Wildman–Crippen LogP) is 2.90. The van der Waals surface area contributed by atoms with Crippen LogP contribution in [0.5, 0.6) is 0 Å². The van der Waals surface area contributed by atoms with Crippen LogP contribution in [0, 0.1) is 5.92 Å². The highest BCUT2D eigenvalue weighted by molar-refractivity contribution is 7.09. The maximum atomic E-state index is 4.66. The minimum absolute atomic E-state index is 0.591. The number of nitrogens with zero attached hydrogens (tertiary/aromatic N) is 3. The predicted molar refractivity (Wildman–Crippen MR) is 97.9 cm³/mol. The normalized spacial score (nSPS) is 11.9. The average Bonchev–Trinajstić information content (AvgIpc) is 3.16. The van der Waals surface area contributed by atoms with Crippen LogP contribution in [0.15, 0.2) is 34.9 Å². The summed E-state index contributed by atoms with van der Waals surface area (Å²) in [4.78, 5) is 10.5. The first-order chi connectivity index (χ1) is 11.2. The Morgan fingerprint density at radius 2 is 2.26 bits per heavy atom. The topological polar surface area (TPSA) is 54.2 Å². The van der Waals surface area contributed by atoms with Gasteiger partial charge in [-0.2, -0.15) is 0 Å². The number of rotatable bonds is 8. The van der Waals surface area contributed by atoms with Crippen LogP contribution >= 0.6 is 11.3 Å². The minimum atomic E-state index is 0.591.